The predicted molar refractivity (Wildman–Crippen MR) is 98.8 cm³/mol. The van der Waals surface area contributed by atoms with Crippen LogP contribution < -0.4 is 4.74 Å². The van der Waals surface area contributed by atoms with Gasteiger partial charge in [0.2, 0.25) is 0 Å². The van der Waals surface area contributed by atoms with Gasteiger partial charge in [-0.15, -0.1) is 5.10 Å². The third-order valence-electron chi connectivity index (χ3n) is 4.40. The summed E-state index contributed by atoms with van der Waals surface area (Å²) in [7, 11) is 0. The molecule has 0 atom stereocenters. The Bertz CT molecular complexity index is 799. The van der Waals surface area contributed by atoms with Crippen LogP contribution >= 0.6 is 0 Å². The number of piperazine rings is 1. The fraction of sp³-hybridized carbons (Fsp3) is 0.500. The number of hydrogen-bond acceptors (Lipinski definition) is 8. The fourth-order valence-corrected chi connectivity index (χ4v) is 2.99. The molecule has 0 N–H and O–H groups in total. The maximum atomic E-state index is 12.0. The van der Waals surface area contributed by atoms with Crippen molar-refractivity contribution in [2.75, 3.05) is 39.4 Å². The lowest BCUT2D eigenvalue weighted by molar-refractivity contribution is -0.160. The highest BCUT2D eigenvalue weighted by Gasteiger charge is 2.27. The molecule has 150 valence electrons. The van der Waals surface area contributed by atoms with Crippen molar-refractivity contribution in [2.24, 2.45) is 0 Å². The van der Waals surface area contributed by atoms with E-state index in [1.54, 1.807) is 11.6 Å². The summed E-state index contributed by atoms with van der Waals surface area (Å²) in [5.41, 5.74) is 0.847. The molecule has 0 aliphatic carbocycles. The Kier molecular flexibility index (Phi) is 6.53. The van der Waals surface area contributed by atoms with Gasteiger partial charge in [-0.3, -0.25) is 9.69 Å². The van der Waals surface area contributed by atoms with Crippen LogP contribution in [0.5, 0.6) is 5.75 Å². The van der Waals surface area contributed by atoms with Crippen molar-refractivity contribution < 1.29 is 19.1 Å². The van der Waals surface area contributed by atoms with Gasteiger partial charge in [-0.25, -0.2) is 4.79 Å². The van der Waals surface area contributed by atoms with Gasteiger partial charge >= 0.3 is 11.9 Å². The molecule has 1 aromatic heterocycles. The summed E-state index contributed by atoms with van der Waals surface area (Å²) in [6.07, 6.45) is 0. The smallest absolute Gasteiger partial charge is 0.397 e. The van der Waals surface area contributed by atoms with E-state index >= 15 is 0 Å². The molecule has 0 bridgehead atoms. The van der Waals surface area contributed by atoms with Crippen LogP contribution in [-0.4, -0.2) is 81.3 Å². The summed E-state index contributed by atoms with van der Waals surface area (Å²) in [5.74, 6) is 0.119. The topological polar surface area (TPSA) is 103 Å². The van der Waals surface area contributed by atoms with Gasteiger partial charge in [-0.1, -0.05) is 0 Å². The number of rotatable bonds is 6. The molecule has 10 heteroatoms. The van der Waals surface area contributed by atoms with Crippen molar-refractivity contribution in [3.63, 3.8) is 0 Å². The maximum Gasteiger partial charge on any atom is 0.397 e. The summed E-state index contributed by atoms with van der Waals surface area (Å²) >= 11 is 0. The first-order valence-corrected chi connectivity index (χ1v) is 9.31. The highest BCUT2D eigenvalue weighted by molar-refractivity contribution is 6.32. The average molecular weight is 388 g/mol. The number of tetrazole rings is 1. The SMILES string of the molecule is CCOC(=O)C(=O)N1CCN(Cc2nnnn2-c2ccc(OCC)cc2)CC1. The van der Waals surface area contributed by atoms with Crippen LogP contribution in [0.25, 0.3) is 5.69 Å². The molecule has 1 fully saturated rings. The second-order valence-corrected chi connectivity index (χ2v) is 6.22. The summed E-state index contributed by atoms with van der Waals surface area (Å²) in [6.45, 7) is 7.14. The number of esters is 1. The molecule has 2 aromatic rings. The lowest BCUT2D eigenvalue weighted by atomic mass is 10.3. The first kappa shape index (κ1) is 19.7. The zero-order valence-corrected chi connectivity index (χ0v) is 16.1. The lowest BCUT2D eigenvalue weighted by Gasteiger charge is -2.33. The monoisotopic (exact) mass is 388 g/mol. The molecule has 0 spiro atoms. The molecule has 0 radical (unpaired) electrons. The van der Waals surface area contributed by atoms with Crippen LogP contribution in [0, 0.1) is 0 Å². The maximum absolute atomic E-state index is 12.0. The molecule has 10 nitrogen and oxygen atoms in total. The minimum atomic E-state index is -0.796. The summed E-state index contributed by atoms with van der Waals surface area (Å²) in [5, 5.41) is 12.0. The van der Waals surface area contributed by atoms with Gasteiger partial charge in [0.05, 0.1) is 25.4 Å². The van der Waals surface area contributed by atoms with Crippen LogP contribution in [0.1, 0.15) is 19.7 Å². The van der Waals surface area contributed by atoms with Crippen LogP contribution in [0.15, 0.2) is 24.3 Å². The van der Waals surface area contributed by atoms with Gasteiger partial charge in [-0.2, -0.15) is 4.68 Å². The first-order valence-electron chi connectivity index (χ1n) is 9.31. The summed E-state index contributed by atoms with van der Waals surface area (Å²) < 4.78 is 11.9. The third kappa shape index (κ3) is 4.63. The third-order valence-corrected chi connectivity index (χ3v) is 4.40. The van der Waals surface area contributed by atoms with E-state index in [2.05, 4.69) is 20.4 Å². The Balaban J connectivity index is 1.58. The molecule has 1 aromatic carbocycles. The van der Waals surface area contributed by atoms with Gasteiger partial charge in [0, 0.05) is 26.2 Å². The first-order chi connectivity index (χ1) is 13.6. The van der Waals surface area contributed by atoms with Crippen LogP contribution in [-0.2, 0) is 20.9 Å². The largest absolute Gasteiger partial charge is 0.494 e. The van der Waals surface area contributed by atoms with Gasteiger partial charge in [0.25, 0.3) is 0 Å². The Morgan fingerprint density at radius 1 is 1.04 bits per heavy atom. The fourth-order valence-electron chi connectivity index (χ4n) is 2.99. The standard InChI is InChI=1S/C18H24N6O4/c1-3-27-15-7-5-14(6-8-15)24-16(19-20-21-24)13-22-9-11-23(12-10-22)17(25)18(26)28-4-2/h5-8H,3-4,9-13H2,1-2H3. The predicted octanol–water partition coefficient (Wildman–Crippen LogP) is 0.268. The minimum Gasteiger partial charge on any atom is -0.494 e. The molecule has 0 unspecified atom stereocenters. The average Bonchev–Trinajstić information content (AvgIpc) is 3.17. The number of aromatic nitrogens is 4. The molecule has 2 heterocycles. The zero-order chi connectivity index (χ0) is 19.9. The molecule has 1 aliphatic rings. The van der Waals surface area contributed by atoms with Crippen LogP contribution in [0.3, 0.4) is 0 Å². The number of benzene rings is 1. The number of amides is 1. The van der Waals surface area contributed by atoms with Crippen molar-refractivity contribution in [3.8, 4) is 11.4 Å². The quantitative estimate of drug-likeness (QED) is 0.513. The Morgan fingerprint density at radius 2 is 1.75 bits per heavy atom. The van der Waals surface area contributed by atoms with Gasteiger partial charge in [0.15, 0.2) is 5.82 Å². The highest BCUT2D eigenvalue weighted by atomic mass is 16.5. The van der Waals surface area contributed by atoms with E-state index in [0.717, 1.165) is 11.4 Å². The molecule has 0 saturated carbocycles. The molecule has 3 rings (SSSR count). The van der Waals surface area contributed by atoms with Gasteiger partial charge in [0.1, 0.15) is 5.75 Å². The van der Waals surface area contributed by atoms with E-state index in [9.17, 15) is 9.59 Å². The second-order valence-electron chi connectivity index (χ2n) is 6.22. The second kappa shape index (κ2) is 9.27. The number of nitrogens with zero attached hydrogens (tertiary/aromatic N) is 6. The minimum absolute atomic E-state index is 0.193. The van der Waals surface area contributed by atoms with Crippen molar-refractivity contribution in [2.45, 2.75) is 20.4 Å². The van der Waals surface area contributed by atoms with Gasteiger partial charge in [-0.05, 0) is 48.5 Å². The number of carbonyl (C=O) groups excluding carboxylic acids is 2. The number of ether oxygens (including phenoxy) is 2. The van der Waals surface area contributed by atoms with Crippen LogP contribution in [0.4, 0.5) is 0 Å². The van der Waals surface area contributed by atoms with E-state index in [-0.39, 0.29) is 6.61 Å². The Labute approximate surface area is 163 Å². The van der Waals surface area contributed by atoms with Crippen molar-refractivity contribution in [3.05, 3.63) is 30.1 Å². The molecule has 1 saturated heterocycles. The van der Waals surface area contributed by atoms with Gasteiger partial charge < -0.3 is 14.4 Å². The molecule has 1 amide bonds. The highest BCUT2D eigenvalue weighted by Crippen LogP contribution is 2.16. The van der Waals surface area contributed by atoms with Crippen molar-refractivity contribution in [1.82, 2.24) is 30.0 Å². The normalized spacial score (nSPS) is 14.7. The van der Waals surface area contributed by atoms with E-state index < -0.39 is 11.9 Å². The molecular weight excluding hydrogens is 364 g/mol. The van der Waals surface area contributed by atoms with Crippen molar-refractivity contribution in [1.29, 1.82) is 0 Å². The molecular formula is C18H24N6O4. The van der Waals surface area contributed by atoms with E-state index in [1.807, 2.05) is 31.2 Å². The van der Waals surface area contributed by atoms with E-state index in [4.69, 9.17) is 9.47 Å². The Morgan fingerprint density at radius 3 is 2.39 bits per heavy atom. The van der Waals surface area contributed by atoms with E-state index in [0.29, 0.717) is 45.2 Å². The van der Waals surface area contributed by atoms with E-state index in [1.165, 1.54) is 4.90 Å². The Hall–Kier alpha value is -3.01. The van der Waals surface area contributed by atoms with Crippen molar-refractivity contribution >= 4 is 11.9 Å². The molecule has 28 heavy (non-hydrogen) atoms. The van der Waals surface area contributed by atoms with Crippen LogP contribution in [0.2, 0.25) is 0 Å². The lowest BCUT2D eigenvalue weighted by Crippen LogP contribution is -2.50. The summed E-state index contributed by atoms with van der Waals surface area (Å²) in [4.78, 5) is 27.3. The zero-order valence-electron chi connectivity index (χ0n) is 16.1. The molecule has 1 aliphatic heterocycles. The summed E-state index contributed by atoms with van der Waals surface area (Å²) in [6, 6.07) is 7.57. The number of carbonyl (C=O) groups is 2. The number of hydrogen-bond donors (Lipinski definition) is 0.